The van der Waals surface area contributed by atoms with Crippen molar-refractivity contribution in [3.05, 3.63) is 53.6 Å². The van der Waals surface area contributed by atoms with E-state index in [1.165, 1.54) is 21.1 Å². The van der Waals surface area contributed by atoms with Gasteiger partial charge in [-0.1, -0.05) is 0 Å². The van der Waals surface area contributed by atoms with Crippen LogP contribution in [0.15, 0.2) is 46.5 Å². The Hall–Kier alpha value is -3.93. The third-order valence-electron chi connectivity index (χ3n) is 5.92. The van der Waals surface area contributed by atoms with Gasteiger partial charge in [0.05, 0.1) is 36.6 Å². The second kappa shape index (κ2) is 10.2. The predicted molar refractivity (Wildman–Crippen MR) is 133 cm³/mol. The van der Waals surface area contributed by atoms with Crippen LogP contribution in [-0.4, -0.2) is 53.3 Å². The summed E-state index contributed by atoms with van der Waals surface area (Å²) in [6.45, 7) is -2.82. The number of hydrogen-bond donors (Lipinski definition) is 0. The summed E-state index contributed by atoms with van der Waals surface area (Å²) in [5.74, 6) is 0.0292. The van der Waals surface area contributed by atoms with Crippen LogP contribution < -0.4 is 8.45 Å². The van der Waals surface area contributed by atoms with E-state index in [9.17, 15) is 34.4 Å². The molecule has 216 valence electrons. The zero-order chi connectivity index (χ0) is 29.7. The van der Waals surface area contributed by atoms with E-state index in [0.717, 1.165) is 18.5 Å². The normalized spacial score (nSPS) is 12.5. The number of methoxy groups -OCH3 is 1. The SMILES string of the molecule is COc1ccc(-c2nn(C)c(N(S(=O)(=O)c3cn(C(F)F)nc3C)S(=O)(=O)c3cn(C(F)F)nc3C)c2C)cc1. The molecular weight excluding hydrogens is 582 g/mol. The first-order valence-electron chi connectivity index (χ1n) is 11.3. The lowest BCUT2D eigenvalue weighted by atomic mass is 10.1. The Bertz CT molecular complexity index is 1700. The number of aromatic nitrogens is 6. The lowest BCUT2D eigenvalue weighted by molar-refractivity contribution is 0.0557. The maximum absolute atomic E-state index is 14.0. The van der Waals surface area contributed by atoms with Gasteiger partial charge < -0.3 is 4.74 Å². The van der Waals surface area contributed by atoms with Crippen LogP contribution in [0.5, 0.6) is 5.75 Å². The minimum atomic E-state index is -5.23. The Balaban J connectivity index is 2.02. The van der Waals surface area contributed by atoms with Gasteiger partial charge in [0.25, 0.3) is 20.0 Å². The van der Waals surface area contributed by atoms with Crippen molar-refractivity contribution in [3.63, 3.8) is 0 Å². The topological polar surface area (TPSA) is 134 Å². The quantitative estimate of drug-likeness (QED) is 0.263. The van der Waals surface area contributed by atoms with E-state index in [4.69, 9.17) is 4.74 Å². The van der Waals surface area contributed by atoms with Crippen molar-refractivity contribution in [3.8, 4) is 17.0 Å². The average Bonchev–Trinajstić information content (AvgIpc) is 3.56. The van der Waals surface area contributed by atoms with Gasteiger partial charge in [0.15, 0.2) is 5.82 Å². The van der Waals surface area contributed by atoms with E-state index in [0.29, 0.717) is 23.7 Å². The highest BCUT2D eigenvalue weighted by atomic mass is 32.3. The van der Waals surface area contributed by atoms with Crippen LogP contribution in [0.1, 0.15) is 30.1 Å². The standard InChI is InChI=1S/C22H23F4N7O5S2/c1-12-19(15-6-8-16(38-5)9-7-15)29-30(4)20(12)33(39(34,35)17-10-31(21(23)24)27-13(17)2)40(36,37)18-11-32(22(25)26)28-14(18)3/h6-11,21-22H,1-5H3. The molecule has 0 aliphatic rings. The Morgan fingerprint density at radius 3 is 1.62 bits per heavy atom. The van der Waals surface area contributed by atoms with Crippen LogP contribution >= 0.6 is 0 Å². The van der Waals surface area contributed by atoms with Gasteiger partial charge in [0, 0.05) is 18.2 Å². The minimum Gasteiger partial charge on any atom is -0.497 e. The summed E-state index contributed by atoms with van der Waals surface area (Å²) >= 11 is 0. The largest absolute Gasteiger partial charge is 0.497 e. The molecule has 0 spiro atoms. The fourth-order valence-electron chi connectivity index (χ4n) is 4.07. The zero-order valence-corrected chi connectivity index (χ0v) is 23.3. The first kappa shape index (κ1) is 29.1. The number of alkyl halides is 4. The van der Waals surface area contributed by atoms with Gasteiger partial charge in [-0.15, -0.1) is 3.71 Å². The van der Waals surface area contributed by atoms with Gasteiger partial charge >= 0.3 is 13.1 Å². The monoisotopic (exact) mass is 605 g/mol. The molecule has 0 saturated heterocycles. The summed E-state index contributed by atoms with van der Waals surface area (Å²) in [4.78, 5) is -1.69. The molecule has 3 aromatic heterocycles. The van der Waals surface area contributed by atoms with E-state index < -0.39 is 60.1 Å². The van der Waals surface area contributed by atoms with E-state index in [1.807, 2.05) is 0 Å². The molecule has 0 amide bonds. The molecule has 0 unspecified atom stereocenters. The van der Waals surface area contributed by atoms with Gasteiger partial charge in [0.1, 0.15) is 15.5 Å². The lowest BCUT2D eigenvalue weighted by Gasteiger charge is -2.24. The Labute approximate surface area is 226 Å². The van der Waals surface area contributed by atoms with Gasteiger partial charge in [-0.05, 0) is 45.0 Å². The molecule has 0 bridgehead atoms. The van der Waals surface area contributed by atoms with Crippen LogP contribution in [0.3, 0.4) is 0 Å². The average molecular weight is 606 g/mol. The minimum absolute atomic E-state index is 0.0188. The van der Waals surface area contributed by atoms with Crippen LogP contribution in [0.2, 0.25) is 0 Å². The Morgan fingerprint density at radius 1 is 0.800 bits per heavy atom. The maximum Gasteiger partial charge on any atom is 0.333 e. The van der Waals surface area contributed by atoms with Gasteiger partial charge in [-0.3, -0.25) is 4.68 Å². The number of rotatable bonds is 9. The number of ether oxygens (including phenoxy) is 1. The second-order valence-corrected chi connectivity index (χ2v) is 12.3. The number of aryl methyl sites for hydroxylation is 3. The fourth-order valence-corrected chi connectivity index (χ4v) is 8.22. The fraction of sp³-hybridized carbons (Fsp3) is 0.318. The molecule has 0 N–H and O–H groups in total. The highest BCUT2D eigenvalue weighted by molar-refractivity contribution is 8.10. The van der Waals surface area contributed by atoms with E-state index in [2.05, 4.69) is 15.3 Å². The smallest absolute Gasteiger partial charge is 0.333 e. The molecule has 4 aromatic rings. The van der Waals surface area contributed by atoms with Crippen molar-refractivity contribution >= 4 is 25.9 Å². The molecular formula is C22H23F4N7O5S2. The number of anilines is 1. The molecule has 0 aliphatic heterocycles. The third kappa shape index (κ3) is 4.80. The molecule has 4 rings (SSSR count). The predicted octanol–water partition coefficient (Wildman–Crippen LogP) is 3.79. The molecule has 0 atom stereocenters. The number of benzene rings is 1. The molecule has 0 fully saturated rings. The van der Waals surface area contributed by atoms with Gasteiger partial charge in [-0.25, -0.2) is 9.36 Å². The van der Waals surface area contributed by atoms with Gasteiger partial charge in [0.2, 0.25) is 0 Å². The third-order valence-corrected chi connectivity index (χ3v) is 10.2. The summed E-state index contributed by atoms with van der Waals surface area (Å²) in [5, 5.41) is 11.3. The number of sulfonamides is 2. The van der Waals surface area contributed by atoms with Crippen molar-refractivity contribution < 1.29 is 39.1 Å². The molecule has 0 radical (unpaired) electrons. The molecule has 1 aromatic carbocycles. The number of hydrogen-bond acceptors (Lipinski definition) is 8. The maximum atomic E-state index is 14.0. The Morgan fingerprint density at radius 2 is 1.25 bits per heavy atom. The van der Waals surface area contributed by atoms with Crippen LogP contribution in [0.4, 0.5) is 23.4 Å². The highest BCUT2D eigenvalue weighted by Crippen LogP contribution is 2.38. The van der Waals surface area contributed by atoms with E-state index in [1.54, 1.807) is 24.3 Å². The van der Waals surface area contributed by atoms with E-state index >= 15 is 0 Å². The van der Waals surface area contributed by atoms with Crippen molar-refractivity contribution in [2.24, 2.45) is 7.05 Å². The summed E-state index contributed by atoms with van der Waals surface area (Å²) < 4.78 is 116. The van der Waals surface area contributed by atoms with Gasteiger partial charge in [-0.2, -0.15) is 49.7 Å². The molecule has 0 saturated carbocycles. The molecule has 3 heterocycles. The molecule has 18 heteroatoms. The first-order chi connectivity index (χ1) is 18.6. The molecule has 40 heavy (non-hydrogen) atoms. The lowest BCUT2D eigenvalue weighted by Crippen LogP contribution is -2.39. The number of halogens is 4. The van der Waals surface area contributed by atoms with Crippen molar-refractivity contribution in [1.29, 1.82) is 0 Å². The number of nitrogens with zero attached hydrogens (tertiary/aromatic N) is 7. The summed E-state index contributed by atoms with van der Waals surface area (Å²) in [5.41, 5.74) is -0.113. The first-order valence-corrected chi connectivity index (χ1v) is 14.2. The van der Waals surface area contributed by atoms with E-state index in [-0.39, 0.29) is 24.3 Å². The molecule has 0 aliphatic carbocycles. The Kier molecular flexibility index (Phi) is 7.44. The summed E-state index contributed by atoms with van der Waals surface area (Å²) in [6, 6.07) is 6.44. The van der Waals surface area contributed by atoms with Crippen molar-refractivity contribution in [2.45, 2.75) is 43.7 Å². The van der Waals surface area contributed by atoms with Crippen molar-refractivity contribution in [2.75, 3.05) is 10.8 Å². The van der Waals surface area contributed by atoms with Crippen LogP contribution in [0.25, 0.3) is 11.3 Å². The second-order valence-electron chi connectivity index (χ2n) is 8.53. The summed E-state index contributed by atoms with van der Waals surface area (Å²) in [7, 11) is -7.73. The highest BCUT2D eigenvalue weighted by Gasteiger charge is 2.44. The molecule has 12 nitrogen and oxygen atoms in total. The summed E-state index contributed by atoms with van der Waals surface area (Å²) in [6.07, 6.45) is 0.979. The van der Waals surface area contributed by atoms with Crippen LogP contribution in [-0.2, 0) is 27.1 Å². The van der Waals surface area contributed by atoms with Crippen LogP contribution in [0, 0.1) is 20.8 Å². The van der Waals surface area contributed by atoms with Crippen molar-refractivity contribution in [1.82, 2.24) is 29.3 Å². The zero-order valence-electron chi connectivity index (χ0n) is 21.6.